The molecule has 1 aliphatic rings. The molecule has 1 N–H and O–H groups in total. The van der Waals surface area contributed by atoms with Gasteiger partial charge < -0.3 is 0 Å². The number of H-pyrrole nitrogens is 1. The Labute approximate surface area is 72.2 Å². The van der Waals surface area contributed by atoms with Gasteiger partial charge in [-0.05, 0) is 10.8 Å². The molecule has 1 aromatic rings. The summed E-state index contributed by atoms with van der Waals surface area (Å²) in [7, 11) is -0.400. The zero-order valence-electron chi connectivity index (χ0n) is 6.27. The molecule has 3 nitrogen and oxygen atoms in total. The number of thiol groups is 1. The van der Waals surface area contributed by atoms with E-state index in [9.17, 15) is 4.79 Å². The average Bonchev–Trinajstić information content (AvgIpc) is 2.56. The Hall–Kier alpha value is -1.29. The molecule has 12 heavy (non-hydrogen) atoms. The van der Waals surface area contributed by atoms with Crippen molar-refractivity contribution < 1.29 is 0 Å². The van der Waals surface area contributed by atoms with Crippen molar-refractivity contribution in [1.82, 2.24) is 10.2 Å². The summed E-state index contributed by atoms with van der Waals surface area (Å²) in [6, 6.07) is 1.60. The molecule has 2 heterocycles. The van der Waals surface area contributed by atoms with E-state index in [1.54, 1.807) is 12.3 Å². The van der Waals surface area contributed by atoms with Crippen LogP contribution in [0.2, 0.25) is 0 Å². The molecular weight excluding hydrogens is 172 g/mol. The second kappa shape index (κ2) is 2.98. The van der Waals surface area contributed by atoms with Crippen LogP contribution in [0, 0.1) is 0 Å². The monoisotopic (exact) mass is 180 g/mol. The van der Waals surface area contributed by atoms with Crippen LogP contribution >= 0.6 is 10.9 Å². The fourth-order valence-electron chi connectivity index (χ4n) is 1.01. The Morgan fingerprint density at radius 1 is 1.33 bits per heavy atom. The van der Waals surface area contributed by atoms with E-state index in [0.29, 0.717) is 0 Å². The Kier molecular flexibility index (Phi) is 1.83. The lowest BCUT2D eigenvalue weighted by Crippen LogP contribution is -2.05. The molecule has 0 bridgehead atoms. The van der Waals surface area contributed by atoms with Crippen molar-refractivity contribution in [2.24, 2.45) is 0 Å². The molecule has 1 aliphatic heterocycles. The summed E-state index contributed by atoms with van der Waals surface area (Å²) in [6.45, 7) is 0. The summed E-state index contributed by atoms with van der Waals surface area (Å²) in [5, 5.41) is 10.3. The number of nitrogens with one attached hydrogen (secondary N) is 1. The highest BCUT2D eigenvalue weighted by Crippen LogP contribution is 2.40. The molecule has 4 heteroatoms. The maximum Gasteiger partial charge on any atom is 0.265 e. The second-order valence-corrected chi connectivity index (χ2v) is 4.32. The fraction of sp³-hybridized carbons (Fsp3) is 0. The van der Waals surface area contributed by atoms with Crippen LogP contribution in [0.15, 0.2) is 44.9 Å². The van der Waals surface area contributed by atoms with Crippen molar-refractivity contribution in [1.29, 1.82) is 0 Å². The smallest absolute Gasteiger partial charge is 0.265 e. The number of allylic oxidation sites excluding steroid dienone is 2. The summed E-state index contributed by atoms with van der Waals surface area (Å²) in [4.78, 5) is 11.9. The summed E-state index contributed by atoms with van der Waals surface area (Å²) in [5.41, 5.74) is -0.135. The molecule has 62 valence electrons. The predicted molar refractivity (Wildman–Crippen MR) is 50.4 cm³/mol. The van der Waals surface area contributed by atoms with Crippen molar-refractivity contribution in [3.8, 4) is 0 Å². The van der Waals surface area contributed by atoms with Crippen molar-refractivity contribution in [3.05, 3.63) is 45.6 Å². The van der Waals surface area contributed by atoms with Crippen LogP contribution < -0.4 is 5.56 Å². The zero-order valence-corrected chi connectivity index (χ0v) is 7.16. The van der Waals surface area contributed by atoms with E-state index < -0.39 is 10.9 Å². The third kappa shape index (κ3) is 1.33. The topological polar surface area (TPSA) is 45.8 Å². The van der Waals surface area contributed by atoms with Gasteiger partial charge in [0.15, 0.2) is 0 Å². The van der Waals surface area contributed by atoms with Gasteiger partial charge in [-0.2, -0.15) is 16.0 Å². The Balaban J connectivity index is 2.40. The number of nitrogens with zero attached hydrogens (tertiary/aromatic N) is 1. The van der Waals surface area contributed by atoms with Gasteiger partial charge in [-0.1, -0.05) is 12.2 Å². The van der Waals surface area contributed by atoms with Gasteiger partial charge in [0.25, 0.3) is 5.56 Å². The molecule has 0 unspecified atom stereocenters. The lowest BCUT2D eigenvalue weighted by Gasteiger charge is -2.07. The third-order valence-electron chi connectivity index (χ3n) is 1.55. The minimum Gasteiger partial charge on any atom is -0.268 e. The highest BCUT2D eigenvalue weighted by Gasteiger charge is 2.02. The van der Waals surface area contributed by atoms with Crippen molar-refractivity contribution in [2.75, 3.05) is 0 Å². The lowest BCUT2D eigenvalue weighted by atomic mass is 10.6. The largest absolute Gasteiger partial charge is 0.268 e. The van der Waals surface area contributed by atoms with Gasteiger partial charge in [0.2, 0.25) is 0 Å². The van der Waals surface area contributed by atoms with Crippen LogP contribution in [0.3, 0.4) is 0 Å². The van der Waals surface area contributed by atoms with E-state index >= 15 is 0 Å². The van der Waals surface area contributed by atoms with E-state index in [1.807, 2.05) is 12.2 Å². The number of aromatic amines is 1. The van der Waals surface area contributed by atoms with Crippen molar-refractivity contribution in [3.63, 3.8) is 0 Å². The number of hydrogen-bond acceptors (Lipinski definition) is 2. The first-order valence-electron chi connectivity index (χ1n) is 3.54. The van der Waals surface area contributed by atoms with Crippen molar-refractivity contribution >= 4 is 10.9 Å². The van der Waals surface area contributed by atoms with Gasteiger partial charge in [0.1, 0.15) is 0 Å². The molecule has 0 amide bonds. The van der Waals surface area contributed by atoms with Crippen LogP contribution in [0.4, 0.5) is 0 Å². The normalized spacial score (nSPS) is 17.2. The van der Waals surface area contributed by atoms with Gasteiger partial charge >= 0.3 is 0 Å². The van der Waals surface area contributed by atoms with Gasteiger partial charge in [0, 0.05) is 11.0 Å². The maximum atomic E-state index is 10.9. The Morgan fingerprint density at radius 2 is 2.08 bits per heavy atom. The lowest BCUT2D eigenvalue weighted by molar-refractivity contribution is 0.956. The average molecular weight is 180 g/mol. The summed E-state index contributed by atoms with van der Waals surface area (Å²) in [5.74, 6) is 0. The first-order chi connectivity index (χ1) is 5.86. The summed E-state index contributed by atoms with van der Waals surface area (Å²) >= 11 is 0. The summed E-state index contributed by atoms with van der Waals surface area (Å²) in [6.07, 6.45) is 5.69. The zero-order chi connectivity index (χ0) is 8.39. The third-order valence-corrected chi connectivity index (χ3v) is 3.38. The SMILES string of the molecule is O=c1cc([SH]2C=CC=C2)cn[nH]1. The van der Waals surface area contributed by atoms with Crippen LogP contribution in [0.25, 0.3) is 0 Å². The van der Waals surface area contributed by atoms with E-state index in [-0.39, 0.29) is 5.56 Å². The van der Waals surface area contributed by atoms with Gasteiger partial charge in [-0.25, -0.2) is 5.10 Å². The second-order valence-electron chi connectivity index (χ2n) is 2.39. The molecule has 0 fully saturated rings. The predicted octanol–water partition coefficient (Wildman–Crippen LogP) is 1.17. The molecule has 0 spiro atoms. The highest BCUT2D eigenvalue weighted by molar-refractivity contribution is 8.22. The Bertz CT molecular complexity index is 382. The van der Waals surface area contributed by atoms with Crippen molar-refractivity contribution in [2.45, 2.75) is 4.90 Å². The molecule has 1 aromatic heterocycles. The number of aromatic nitrogens is 2. The molecule has 2 rings (SSSR count). The van der Waals surface area contributed by atoms with E-state index in [2.05, 4.69) is 21.0 Å². The summed E-state index contributed by atoms with van der Waals surface area (Å²) < 4.78 is 0. The van der Waals surface area contributed by atoms with Crippen LogP contribution in [-0.2, 0) is 0 Å². The highest BCUT2D eigenvalue weighted by atomic mass is 32.2. The Morgan fingerprint density at radius 3 is 2.75 bits per heavy atom. The van der Waals surface area contributed by atoms with E-state index in [1.165, 1.54) is 0 Å². The quantitative estimate of drug-likeness (QED) is 0.637. The van der Waals surface area contributed by atoms with Gasteiger partial charge in [0.05, 0.1) is 6.20 Å². The fourth-order valence-corrected chi connectivity index (χ4v) is 2.48. The van der Waals surface area contributed by atoms with Crippen LogP contribution in [0.5, 0.6) is 0 Å². The van der Waals surface area contributed by atoms with Gasteiger partial charge in [-0.15, -0.1) is 0 Å². The first-order valence-corrected chi connectivity index (χ1v) is 5.02. The van der Waals surface area contributed by atoms with E-state index in [4.69, 9.17) is 0 Å². The first kappa shape index (κ1) is 7.36. The molecule has 0 saturated carbocycles. The molecular formula is C8H8N2OS. The minimum atomic E-state index is -0.400. The van der Waals surface area contributed by atoms with Gasteiger partial charge in [-0.3, -0.25) is 4.79 Å². The number of rotatable bonds is 1. The maximum absolute atomic E-state index is 10.9. The minimum absolute atomic E-state index is 0.135. The van der Waals surface area contributed by atoms with E-state index in [0.717, 1.165) is 4.90 Å². The number of hydrogen-bond donors (Lipinski definition) is 2. The van der Waals surface area contributed by atoms with Crippen LogP contribution in [0.1, 0.15) is 0 Å². The molecule has 0 aliphatic carbocycles. The van der Waals surface area contributed by atoms with Crippen LogP contribution in [-0.4, -0.2) is 10.2 Å². The molecule has 0 radical (unpaired) electrons. The molecule has 0 saturated heterocycles. The standard InChI is InChI=1S/C8H8N2OS/c11-8-5-7(6-9-10-8)12-3-1-2-4-12/h1-6,12H,(H,10,11). The molecule has 0 atom stereocenters. The molecule has 0 aromatic carbocycles.